The molecule has 128 valence electrons. The summed E-state index contributed by atoms with van der Waals surface area (Å²) in [7, 11) is 0. The SMILES string of the molecule is O=C(NCC(O)c1ccc(OC(F)F)cc1)c1ccc(F)cc1F. The minimum absolute atomic E-state index is 0.0710. The van der Waals surface area contributed by atoms with Crippen LogP contribution < -0.4 is 10.1 Å². The summed E-state index contributed by atoms with van der Waals surface area (Å²) in [5, 5.41) is 12.2. The highest BCUT2D eigenvalue weighted by Gasteiger charge is 2.15. The van der Waals surface area contributed by atoms with Crippen molar-refractivity contribution in [2.75, 3.05) is 6.54 Å². The fourth-order valence-electron chi connectivity index (χ4n) is 1.95. The lowest BCUT2D eigenvalue weighted by Gasteiger charge is -2.13. The number of benzene rings is 2. The molecule has 1 unspecified atom stereocenters. The molecule has 2 aromatic rings. The fourth-order valence-corrected chi connectivity index (χ4v) is 1.95. The first-order valence-electron chi connectivity index (χ1n) is 6.83. The predicted octanol–water partition coefficient (Wildman–Crippen LogP) is 3.03. The average Bonchev–Trinajstić information content (AvgIpc) is 2.52. The van der Waals surface area contributed by atoms with E-state index in [4.69, 9.17) is 0 Å². The molecule has 0 spiro atoms. The van der Waals surface area contributed by atoms with Gasteiger partial charge < -0.3 is 15.2 Å². The number of aliphatic hydroxyl groups is 1. The fraction of sp³-hybridized carbons (Fsp3) is 0.188. The van der Waals surface area contributed by atoms with Gasteiger partial charge in [-0.3, -0.25) is 4.79 Å². The van der Waals surface area contributed by atoms with Gasteiger partial charge in [0.25, 0.3) is 5.91 Å². The number of alkyl halides is 2. The van der Waals surface area contributed by atoms with E-state index < -0.39 is 30.3 Å². The van der Waals surface area contributed by atoms with E-state index in [0.29, 0.717) is 11.6 Å². The van der Waals surface area contributed by atoms with Gasteiger partial charge in [-0.25, -0.2) is 8.78 Å². The van der Waals surface area contributed by atoms with E-state index in [1.54, 1.807) is 0 Å². The molecule has 0 heterocycles. The second-order valence-corrected chi connectivity index (χ2v) is 4.80. The van der Waals surface area contributed by atoms with Crippen LogP contribution in [0.2, 0.25) is 0 Å². The molecule has 0 bridgehead atoms. The molecular formula is C16H13F4NO3. The molecule has 0 aliphatic carbocycles. The summed E-state index contributed by atoms with van der Waals surface area (Å²) in [6.07, 6.45) is -1.14. The quantitative estimate of drug-likeness (QED) is 0.793. The van der Waals surface area contributed by atoms with Gasteiger partial charge in [-0.15, -0.1) is 0 Å². The third kappa shape index (κ3) is 4.69. The van der Waals surface area contributed by atoms with E-state index >= 15 is 0 Å². The lowest BCUT2D eigenvalue weighted by Crippen LogP contribution is -2.29. The number of amides is 1. The van der Waals surface area contributed by atoms with Gasteiger partial charge in [-0.2, -0.15) is 8.78 Å². The monoisotopic (exact) mass is 343 g/mol. The van der Waals surface area contributed by atoms with Gasteiger partial charge in [0, 0.05) is 12.6 Å². The highest BCUT2D eigenvalue weighted by atomic mass is 19.3. The van der Waals surface area contributed by atoms with Crippen molar-refractivity contribution in [1.29, 1.82) is 0 Å². The van der Waals surface area contributed by atoms with Crippen LogP contribution in [-0.2, 0) is 0 Å². The molecule has 0 radical (unpaired) electrons. The Morgan fingerprint density at radius 2 is 1.79 bits per heavy atom. The third-order valence-electron chi connectivity index (χ3n) is 3.12. The van der Waals surface area contributed by atoms with Crippen molar-refractivity contribution in [2.45, 2.75) is 12.7 Å². The van der Waals surface area contributed by atoms with E-state index in [1.165, 1.54) is 24.3 Å². The lowest BCUT2D eigenvalue weighted by atomic mass is 10.1. The number of halogens is 4. The predicted molar refractivity (Wildman–Crippen MR) is 76.7 cm³/mol. The molecule has 2 rings (SSSR count). The molecule has 0 aromatic heterocycles. The molecular weight excluding hydrogens is 330 g/mol. The molecule has 2 N–H and O–H groups in total. The van der Waals surface area contributed by atoms with Gasteiger partial charge in [0.15, 0.2) is 0 Å². The maximum absolute atomic E-state index is 13.5. The van der Waals surface area contributed by atoms with Crippen molar-refractivity contribution in [1.82, 2.24) is 5.32 Å². The summed E-state index contributed by atoms with van der Waals surface area (Å²) in [5.41, 5.74) is -0.0132. The summed E-state index contributed by atoms with van der Waals surface area (Å²) < 4.78 is 54.5. The number of carbonyl (C=O) groups is 1. The Labute approximate surface area is 134 Å². The van der Waals surface area contributed by atoms with E-state index in [2.05, 4.69) is 10.1 Å². The maximum Gasteiger partial charge on any atom is 0.387 e. The maximum atomic E-state index is 13.5. The van der Waals surface area contributed by atoms with Crippen LogP contribution in [0.5, 0.6) is 5.75 Å². The van der Waals surface area contributed by atoms with Crippen molar-refractivity contribution < 1.29 is 32.2 Å². The van der Waals surface area contributed by atoms with Gasteiger partial charge >= 0.3 is 6.61 Å². The van der Waals surface area contributed by atoms with Gasteiger partial charge in [-0.05, 0) is 29.8 Å². The smallest absolute Gasteiger partial charge is 0.387 e. The summed E-state index contributed by atoms with van der Waals surface area (Å²) >= 11 is 0. The minimum Gasteiger partial charge on any atom is -0.435 e. The normalized spacial score (nSPS) is 12.1. The Kier molecular flexibility index (Phi) is 5.75. The number of hydrogen-bond acceptors (Lipinski definition) is 3. The van der Waals surface area contributed by atoms with Crippen LogP contribution in [0.15, 0.2) is 42.5 Å². The van der Waals surface area contributed by atoms with Crippen LogP contribution in [-0.4, -0.2) is 24.2 Å². The first-order valence-corrected chi connectivity index (χ1v) is 6.83. The molecule has 0 fully saturated rings. The zero-order chi connectivity index (χ0) is 17.7. The van der Waals surface area contributed by atoms with Crippen LogP contribution >= 0.6 is 0 Å². The molecule has 1 amide bonds. The number of rotatable bonds is 6. The van der Waals surface area contributed by atoms with Crippen molar-refractivity contribution in [2.24, 2.45) is 0 Å². The Balaban J connectivity index is 1.94. The van der Waals surface area contributed by atoms with Crippen molar-refractivity contribution in [3.05, 3.63) is 65.2 Å². The topological polar surface area (TPSA) is 58.6 Å². The molecule has 24 heavy (non-hydrogen) atoms. The number of carbonyl (C=O) groups excluding carboxylic acids is 1. The van der Waals surface area contributed by atoms with Gasteiger partial charge in [0.2, 0.25) is 0 Å². The summed E-state index contributed by atoms with van der Waals surface area (Å²) in [4.78, 5) is 11.8. The highest BCUT2D eigenvalue weighted by Crippen LogP contribution is 2.19. The first kappa shape index (κ1) is 17.7. The highest BCUT2D eigenvalue weighted by molar-refractivity contribution is 5.94. The van der Waals surface area contributed by atoms with Crippen molar-refractivity contribution in [3.63, 3.8) is 0 Å². The van der Waals surface area contributed by atoms with Crippen LogP contribution in [0.4, 0.5) is 17.6 Å². The zero-order valence-corrected chi connectivity index (χ0v) is 12.2. The molecule has 4 nitrogen and oxygen atoms in total. The Hall–Kier alpha value is -2.61. The summed E-state index contributed by atoms with van der Waals surface area (Å²) in [5.74, 6) is -2.71. The van der Waals surface area contributed by atoms with E-state index in [-0.39, 0.29) is 17.9 Å². The van der Waals surface area contributed by atoms with Crippen LogP contribution in [0, 0.1) is 11.6 Å². The molecule has 0 saturated carbocycles. The Morgan fingerprint density at radius 3 is 2.38 bits per heavy atom. The second-order valence-electron chi connectivity index (χ2n) is 4.80. The molecule has 1 atom stereocenters. The standard InChI is InChI=1S/C16H13F4NO3/c17-10-3-6-12(13(18)7-10)15(23)21-8-14(22)9-1-4-11(5-2-9)24-16(19)20/h1-7,14,16,22H,8H2,(H,21,23). The van der Waals surface area contributed by atoms with Crippen LogP contribution in [0.25, 0.3) is 0 Å². The molecule has 0 aliphatic rings. The number of aliphatic hydroxyl groups excluding tert-OH is 1. The molecule has 2 aromatic carbocycles. The minimum atomic E-state index is -2.95. The van der Waals surface area contributed by atoms with Crippen LogP contribution in [0.1, 0.15) is 22.0 Å². The van der Waals surface area contributed by atoms with Gasteiger partial charge in [-0.1, -0.05) is 12.1 Å². The number of ether oxygens (including phenoxy) is 1. The average molecular weight is 343 g/mol. The third-order valence-corrected chi connectivity index (χ3v) is 3.12. The van der Waals surface area contributed by atoms with Crippen molar-refractivity contribution >= 4 is 5.91 Å². The van der Waals surface area contributed by atoms with Gasteiger partial charge in [0.05, 0.1) is 11.7 Å². The number of nitrogens with one attached hydrogen (secondary N) is 1. The first-order chi connectivity index (χ1) is 11.4. The summed E-state index contributed by atoms with van der Waals surface area (Å²) in [6.45, 7) is -3.20. The second kappa shape index (κ2) is 7.78. The Bertz CT molecular complexity index is 707. The van der Waals surface area contributed by atoms with E-state index in [1.807, 2.05) is 0 Å². The molecule has 8 heteroatoms. The number of hydrogen-bond donors (Lipinski definition) is 2. The van der Waals surface area contributed by atoms with Crippen molar-refractivity contribution in [3.8, 4) is 5.75 Å². The van der Waals surface area contributed by atoms with Gasteiger partial charge in [0.1, 0.15) is 17.4 Å². The zero-order valence-electron chi connectivity index (χ0n) is 12.2. The van der Waals surface area contributed by atoms with E-state index in [9.17, 15) is 27.5 Å². The van der Waals surface area contributed by atoms with E-state index in [0.717, 1.165) is 12.1 Å². The largest absolute Gasteiger partial charge is 0.435 e. The molecule has 0 aliphatic heterocycles. The summed E-state index contributed by atoms with van der Waals surface area (Å²) in [6, 6.07) is 7.70. The van der Waals surface area contributed by atoms with Crippen LogP contribution in [0.3, 0.4) is 0 Å². The Morgan fingerprint density at radius 1 is 1.12 bits per heavy atom. The molecule has 0 saturated heterocycles. The lowest BCUT2D eigenvalue weighted by molar-refractivity contribution is -0.0498.